The minimum atomic E-state index is -0.283. The van der Waals surface area contributed by atoms with E-state index in [-0.39, 0.29) is 11.5 Å². The lowest BCUT2D eigenvalue weighted by Gasteiger charge is -2.05. The van der Waals surface area contributed by atoms with Crippen LogP contribution in [0.4, 0.5) is 0 Å². The van der Waals surface area contributed by atoms with Crippen molar-refractivity contribution >= 4 is 22.9 Å². The van der Waals surface area contributed by atoms with Crippen LogP contribution in [0.5, 0.6) is 0 Å². The number of aromatic nitrogens is 5. The van der Waals surface area contributed by atoms with Crippen molar-refractivity contribution in [3.05, 3.63) is 34.6 Å². The summed E-state index contributed by atoms with van der Waals surface area (Å²) in [5.41, 5.74) is 1.56. The van der Waals surface area contributed by atoms with Crippen LogP contribution >= 0.6 is 0 Å². The van der Waals surface area contributed by atoms with Crippen molar-refractivity contribution in [2.45, 2.75) is 33.2 Å². The number of aryl methyl sites for hydroxylation is 2. The summed E-state index contributed by atoms with van der Waals surface area (Å²) in [5.74, 6) is 0.0584. The van der Waals surface area contributed by atoms with Crippen LogP contribution in [0.25, 0.3) is 16.9 Å². The minimum absolute atomic E-state index is 0.182. The fraction of sp³-hybridized carbons (Fsp3) is 0.400. The fourth-order valence-electron chi connectivity index (χ4n) is 2.40. The lowest BCUT2D eigenvalue weighted by Crippen LogP contribution is -2.19. The first-order valence-corrected chi connectivity index (χ1v) is 7.39. The Morgan fingerprint density at radius 2 is 2.13 bits per heavy atom. The summed E-state index contributed by atoms with van der Waals surface area (Å²) in [6.45, 7) is 4.25. The van der Waals surface area contributed by atoms with Gasteiger partial charge in [0.15, 0.2) is 11.2 Å². The Bertz CT molecular complexity index is 928. The molecule has 0 aliphatic heterocycles. The molecule has 23 heavy (non-hydrogen) atoms. The third kappa shape index (κ3) is 3.05. The van der Waals surface area contributed by atoms with E-state index < -0.39 is 0 Å². The van der Waals surface area contributed by atoms with Crippen LogP contribution in [0.1, 0.15) is 25.3 Å². The number of hydrogen-bond donors (Lipinski definition) is 0. The smallest absolute Gasteiger partial charge is 0.302 e. The zero-order valence-corrected chi connectivity index (χ0v) is 13.0. The van der Waals surface area contributed by atoms with E-state index in [1.165, 1.54) is 11.3 Å². The second kappa shape index (κ2) is 6.15. The largest absolute Gasteiger partial charge is 0.466 e. The Balaban J connectivity index is 1.87. The highest BCUT2D eigenvalue weighted by atomic mass is 16.5. The molecule has 0 radical (unpaired) electrons. The molecular weight excluding hydrogens is 298 g/mol. The fourth-order valence-corrected chi connectivity index (χ4v) is 2.40. The number of esters is 1. The number of nitrogens with zero attached hydrogens (tertiary/aromatic N) is 5. The number of rotatable bonds is 5. The van der Waals surface area contributed by atoms with E-state index in [4.69, 9.17) is 4.74 Å². The Morgan fingerprint density at radius 3 is 2.91 bits per heavy atom. The molecule has 3 aromatic rings. The number of unbranched alkanes of at least 4 members (excludes halogenated alkanes) is 1. The molecule has 0 amide bonds. The van der Waals surface area contributed by atoms with Gasteiger partial charge in [0.25, 0.3) is 5.56 Å². The van der Waals surface area contributed by atoms with Gasteiger partial charge in [-0.1, -0.05) is 0 Å². The highest BCUT2D eigenvalue weighted by Gasteiger charge is 2.12. The van der Waals surface area contributed by atoms with E-state index in [9.17, 15) is 9.59 Å². The third-order valence-corrected chi connectivity index (χ3v) is 3.48. The van der Waals surface area contributed by atoms with Gasteiger partial charge < -0.3 is 9.30 Å². The molecule has 0 aromatic carbocycles. The molecule has 3 aromatic heterocycles. The molecule has 8 heteroatoms. The number of carbonyl (C=O) groups is 1. The van der Waals surface area contributed by atoms with Crippen molar-refractivity contribution in [1.82, 2.24) is 23.9 Å². The van der Waals surface area contributed by atoms with Crippen molar-refractivity contribution in [2.75, 3.05) is 6.61 Å². The molecule has 3 rings (SSSR count). The first-order valence-electron chi connectivity index (χ1n) is 7.39. The average Bonchev–Trinajstić information content (AvgIpc) is 2.91. The van der Waals surface area contributed by atoms with Crippen molar-refractivity contribution in [3.8, 4) is 0 Å². The maximum absolute atomic E-state index is 12.7. The lowest BCUT2D eigenvalue weighted by molar-refractivity contribution is -0.141. The van der Waals surface area contributed by atoms with Gasteiger partial charge in [0, 0.05) is 25.9 Å². The standard InChI is InChI=1S/C15H17N5O3/c1-10-7-16-15-18-13-12(14(22)20(15)8-10)19(9-17-13)5-3-4-6-23-11(2)21/h7-9H,3-6H2,1-2H3. The molecule has 0 spiro atoms. The molecule has 0 aliphatic carbocycles. The summed E-state index contributed by atoms with van der Waals surface area (Å²) in [7, 11) is 0. The molecule has 0 saturated heterocycles. The molecule has 0 unspecified atom stereocenters. The second-order valence-electron chi connectivity index (χ2n) is 5.38. The summed E-state index contributed by atoms with van der Waals surface area (Å²) in [5, 5.41) is 0. The van der Waals surface area contributed by atoms with Crippen molar-refractivity contribution in [3.63, 3.8) is 0 Å². The Labute approximate surface area is 131 Å². The molecular formula is C15H17N5O3. The maximum Gasteiger partial charge on any atom is 0.302 e. The SMILES string of the molecule is CC(=O)OCCCCn1cnc2nc3ncc(C)cn3c(=O)c21. The van der Waals surface area contributed by atoms with Gasteiger partial charge in [-0.25, -0.2) is 14.4 Å². The lowest BCUT2D eigenvalue weighted by atomic mass is 10.3. The van der Waals surface area contributed by atoms with Crippen molar-refractivity contribution in [2.24, 2.45) is 0 Å². The Kier molecular flexibility index (Phi) is 4.05. The number of carbonyl (C=O) groups excluding carboxylic acids is 1. The van der Waals surface area contributed by atoms with Crippen molar-refractivity contribution < 1.29 is 9.53 Å². The molecule has 120 valence electrons. The first kappa shape index (κ1) is 15.1. The molecule has 0 aliphatic rings. The normalized spacial score (nSPS) is 11.2. The average molecular weight is 315 g/mol. The van der Waals surface area contributed by atoms with Gasteiger partial charge in [0.05, 0.1) is 12.9 Å². The van der Waals surface area contributed by atoms with Crippen LogP contribution in [-0.4, -0.2) is 36.5 Å². The van der Waals surface area contributed by atoms with Crippen LogP contribution in [0, 0.1) is 6.92 Å². The molecule has 0 N–H and O–H groups in total. The van der Waals surface area contributed by atoms with E-state index in [2.05, 4.69) is 15.0 Å². The molecule has 8 nitrogen and oxygen atoms in total. The van der Waals surface area contributed by atoms with Gasteiger partial charge in [-0.3, -0.25) is 9.59 Å². The summed E-state index contributed by atoms with van der Waals surface area (Å²) < 4.78 is 8.12. The van der Waals surface area contributed by atoms with Crippen LogP contribution in [0.3, 0.4) is 0 Å². The van der Waals surface area contributed by atoms with Crippen LogP contribution in [-0.2, 0) is 16.1 Å². The van der Waals surface area contributed by atoms with E-state index in [0.717, 1.165) is 18.4 Å². The number of imidazole rings is 1. The van der Waals surface area contributed by atoms with E-state index in [1.54, 1.807) is 23.3 Å². The minimum Gasteiger partial charge on any atom is -0.466 e. The van der Waals surface area contributed by atoms with Gasteiger partial charge in [0.1, 0.15) is 0 Å². The molecule has 3 heterocycles. The summed E-state index contributed by atoms with van der Waals surface area (Å²) in [6, 6.07) is 0. The summed E-state index contributed by atoms with van der Waals surface area (Å²) in [6.07, 6.45) is 6.49. The maximum atomic E-state index is 12.7. The quantitative estimate of drug-likeness (QED) is 0.517. The van der Waals surface area contributed by atoms with Gasteiger partial charge in [-0.2, -0.15) is 4.98 Å². The Hall–Kier alpha value is -2.77. The summed E-state index contributed by atoms with van der Waals surface area (Å²) in [4.78, 5) is 36.0. The topological polar surface area (TPSA) is 91.4 Å². The monoisotopic (exact) mass is 315 g/mol. The van der Waals surface area contributed by atoms with Crippen molar-refractivity contribution in [1.29, 1.82) is 0 Å². The molecule has 0 atom stereocenters. The predicted molar refractivity (Wildman–Crippen MR) is 83.2 cm³/mol. The molecule has 0 bridgehead atoms. The van der Waals surface area contributed by atoms with E-state index in [0.29, 0.717) is 30.1 Å². The number of hydrogen-bond acceptors (Lipinski definition) is 6. The highest BCUT2D eigenvalue weighted by Crippen LogP contribution is 2.09. The van der Waals surface area contributed by atoms with Gasteiger partial charge in [-0.15, -0.1) is 0 Å². The van der Waals surface area contributed by atoms with Crippen LogP contribution < -0.4 is 5.56 Å². The van der Waals surface area contributed by atoms with Gasteiger partial charge >= 0.3 is 5.97 Å². The zero-order chi connectivity index (χ0) is 16.4. The van der Waals surface area contributed by atoms with Crippen LogP contribution in [0.15, 0.2) is 23.5 Å². The molecule has 0 fully saturated rings. The summed E-state index contributed by atoms with van der Waals surface area (Å²) >= 11 is 0. The number of ether oxygens (including phenoxy) is 1. The number of fused-ring (bicyclic) bond motifs is 2. The Morgan fingerprint density at radius 1 is 1.30 bits per heavy atom. The first-order chi connectivity index (χ1) is 11.1. The zero-order valence-electron chi connectivity index (χ0n) is 13.0. The second-order valence-corrected chi connectivity index (χ2v) is 5.38. The van der Waals surface area contributed by atoms with Crippen LogP contribution in [0.2, 0.25) is 0 Å². The van der Waals surface area contributed by atoms with E-state index in [1.807, 2.05) is 6.92 Å². The molecule has 0 saturated carbocycles. The van der Waals surface area contributed by atoms with Gasteiger partial charge in [0.2, 0.25) is 5.78 Å². The predicted octanol–water partition coefficient (Wildman–Crippen LogP) is 1.09. The third-order valence-electron chi connectivity index (χ3n) is 3.48. The van der Waals surface area contributed by atoms with E-state index >= 15 is 0 Å². The van der Waals surface area contributed by atoms with Gasteiger partial charge in [-0.05, 0) is 25.3 Å². The highest BCUT2D eigenvalue weighted by molar-refractivity contribution is 5.71.